The molecule has 1 aromatic carbocycles. The summed E-state index contributed by atoms with van der Waals surface area (Å²) in [6.45, 7) is -0.329. The number of anilines is 1. The normalized spacial score (nSPS) is 17.9. The van der Waals surface area contributed by atoms with Gasteiger partial charge < -0.3 is 19.5 Å². The van der Waals surface area contributed by atoms with Gasteiger partial charge in [-0.2, -0.15) is 0 Å². The van der Waals surface area contributed by atoms with E-state index in [1.807, 2.05) is 0 Å². The second-order valence-electron chi connectivity index (χ2n) is 4.87. The number of halogens is 1. The number of amides is 1. The molecule has 1 aromatic heterocycles. The quantitative estimate of drug-likeness (QED) is 0.873. The minimum Gasteiger partial charge on any atom is -0.441 e. The first-order valence-corrected chi connectivity index (χ1v) is 6.65. The maximum absolute atomic E-state index is 14.3. The third kappa shape index (κ3) is 2.53. The summed E-state index contributed by atoms with van der Waals surface area (Å²) in [6.07, 6.45) is 1.70. The molecule has 116 valence electrons. The number of aliphatic hydroxyl groups excluding tert-OH is 2. The number of rotatable bonds is 4. The van der Waals surface area contributed by atoms with Gasteiger partial charge in [-0.05, 0) is 18.2 Å². The molecule has 0 unspecified atom stereocenters. The van der Waals surface area contributed by atoms with Crippen molar-refractivity contribution in [3.05, 3.63) is 42.2 Å². The Morgan fingerprint density at radius 1 is 1.41 bits per heavy atom. The summed E-state index contributed by atoms with van der Waals surface area (Å²) >= 11 is 0. The van der Waals surface area contributed by atoms with Crippen LogP contribution in [0.3, 0.4) is 0 Å². The van der Waals surface area contributed by atoms with Gasteiger partial charge in [0.2, 0.25) is 0 Å². The van der Waals surface area contributed by atoms with Gasteiger partial charge >= 0.3 is 6.09 Å². The van der Waals surface area contributed by atoms with Gasteiger partial charge in [0, 0.05) is 6.20 Å². The van der Waals surface area contributed by atoms with Crippen molar-refractivity contribution in [3.8, 4) is 5.69 Å². The zero-order valence-corrected chi connectivity index (χ0v) is 11.5. The largest absolute Gasteiger partial charge is 0.441 e. The van der Waals surface area contributed by atoms with Crippen molar-refractivity contribution in [1.29, 1.82) is 0 Å². The summed E-state index contributed by atoms with van der Waals surface area (Å²) in [4.78, 5) is 16.9. The first kappa shape index (κ1) is 14.5. The summed E-state index contributed by atoms with van der Waals surface area (Å²) in [5.41, 5.74) is 1.03. The zero-order valence-electron chi connectivity index (χ0n) is 11.5. The molecule has 1 aliphatic rings. The van der Waals surface area contributed by atoms with Gasteiger partial charge in [0.25, 0.3) is 0 Å². The standard InChI is InChI=1S/C14H14FN3O4/c15-12-3-10(18-5-11(7-20)22-14(18)21)1-2-13(12)17-4-9(6-19)16-8-17/h1-4,8,11,19-20H,5-7H2/t11-/m1/s1. The minimum atomic E-state index is -0.614. The van der Waals surface area contributed by atoms with Gasteiger partial charge in [0.15, 0.2) is 0 Å². The van der Waals surface area contributed by atoms with Gasteiger partial charge in [-0.3, -0.25) is 4.90 Å². The molecule has 0 bridgehead atoms. The number of benzene rings is 1. The Morgan fingerprint density at radius 3 is 2.82 bits per heavy atom. The van der Waals surface area contributed by atoms with Crippen molar-refractivity contribution in [3.63, 3.8) is 0 Å². The summed E-state index contributed by atoms with van der Waals surface area (Å²) in [5.74, 6) is -0.542. The van der Waals surface area contributed by atoms with E-state index >= 15 is 0 Å². The highest BCUT2D eigenvalue weighted by Gasteiger charge is 2.32. The van der Waals surface area contributed by atoms with Crippen molar-refractivity contribution < 1.29 is 24.1 Å². The summed E-state index contributed by atoms with van der Waals surface area (Å²) < 4.78 is 20.6. The van der Waals surface area contributed by atoms with E-state index in [9.17, 15) is 9.18 Å². The van der Waals surface area contributed by atoms with Crippen LogP contribution in [-0.4, -0.2) is 45.1 Å². The highest BCUT2D eigenvalue weighted by Crippen LogP contribution is 2.25. The van der Waals surface area contributed by atoms with Gasteiger partial charge in [0.1, 0.15) is 11.9 Å². The predicted molar refractivity (Wildman–Crippen MR) is 74.1 cm³/mol. The third-order valence-electron chi connectivity index (χ3n) is 3.40. The minimum absolute atomic E-state index is 0.174. The molecular formula is C14H14FN3O4. The van der Waals surface area contributed by atoms with Crippen LogP contribution in [0.1, 0.15) is 5.69 Å². The molecule has 1 fully saturated rings. The number of carbonyl (C=O) groups excluding carboxylic acids is 1. The van der Waals surface area contributed by atoms with Crippen LogP contribution in [0.5, 0.6) is 0 Å². The van der Waals surface area contributed by atoms with Crippen molar-refractivity contribution in [2.45, 2.75) is 12.7 Å². The van der Waals surface area contributed by atoms with E-state index in [-0.39, 0.29) is 25.4 Å². The summed E-state index contributed by atoms with van der Waals surface area (Å²) in [7, 11) is 0. The van der Waals surface area contributed by atoms with E-state index in [0.29, 0.717) is 11.4 Å². The van der Waals surface area contributed by atoms with Crippen LogP contribution >= 0.6 is 0 Å². The number of hydrogen-bond acceptors (Lipinski definition) is 5. The number of nitrogens with zero attached hydrogens (tertiary/aromatic N) is 3. The van der Waals surface area contributed by atoms with Crippen molar-refractivity contribution in [2.24, 2.45) is 0 Å². The Hall–Kier alpha value is -2.45. The lowest BCUT2D eigenvalue weighted by atomic mass is 10.2. The fourth-order valence-electron chi connectivity index (χ4n) is 2.28. The zero-order chi connectivity index (χ0) is 15.7. The number of ether oxygens (including phenoxy) is 1. The molecule has 3 rings (SSSR count). The molecular weight excluding hydrogens is 293 g/mol. The lowest BCUT2D eigenvalue weighted by molar-refractivity contribution is 0.0963. The van der Waals surface area contributed by atoms with Crippen LogP contribution in [0.25, 0.3) is 5.69 Å². The molecule has 2 N–H and O–H groups in total. The second kappa shape index (κ2) is 5.74. The van der Waals surface area contributed by atoms with Crippen LogP contribution in [-0.2, 0) is 11.3 Å². The Bertz CT molecular complexity index is 703. The van der Waals surface area contributed by atoms with Crippen molar-refractivity contribution in [1.82, 2.24) is 9.55 Å². The van der Waals surface area contributed by atoms with Crippen LogP contribution < -0.4 is 4.90 Å². The van der Waals surface area contributed by atoms with Crippen molar-refractivity contribution >= 4 is 11.8 Å². The average molecular weight is 307 g/mol. The monoisotopic (exact) mass is 307 g/mol. The van der Waals surface area contributed by atoms with Crippen molar-refractivity contribution in [2.75, 3.05) is 18.1 Å². The molecule has 22 heavy (non-hydrogen) atoms. The fourth-order valence-corrected chi connectivity index (χ4v) is 2.28. The topological polar surface area (TPSA) is 87.8 Å². The first-order valence-electron chi connectivity index (χ1n) is 6.65. The molecule has 0 spiro atoms. The lowest BCUT2D eigenvalue weighted by Gasteiger charge is -2.14. The van der Waals surface area contributed by atoms with Crippen LogP contribution in [0.2, 0.25) is 0 Å². The molecule has 7 nitrogen and oxygen atoms in total. The number of hydrogen-bond donors (Lipinski definition) is 2. The Balaban J connectivity index is 1.88. The molecule has 0 aliphatic carbocycles. The number of aromatic nitrogens is 2. The van der Waals surface area contributed by atoms with Gasteiger partial charge in [-0.1, -0.05) is 0 Å². The molecule has 8 heteroatoms. The smallest absolute Gasteiger partial charge is 0.414 e. The molecule has 1 amide bonds. The predicted octanol–water partition coefficient (Wildman–Crippen LogP) is 0.821. The van der Waals surface area contributed by atoms with E-state index in [1.165, 1.54) is 34.1 Å². The Morgan fingerprint density at radius 2 is 2.23 bits per heavy atom. The Labute approximate surface area is 125 Å². The van der Waals surface area contributed by atoms with Crippen LogP contribution in [0.15, 0.2) is 30.7 Å². The average Bonchev–Trinajstić information content (AvgIpc) is 3.13. The number of cyclic esters (lactones) is 1. The van der Waals surface area contributed by atoms with Gasteiger partial charge in [-0.15, -0.1) is 0 Å². The molecule has 1 aliphatic heterocycles. The summed E-state index contributed by atoms with van der Waals surface area (Å²) in [5, 5.41) is 18.0. The van der Waals surface area contributed by atoms with Crippen LogP contribution in [0.4, 0.5) is 14.9 Å². The summed E-state index contributed by atoms with van der Waals surface area (Å²) in [6, 6.07) is 4.31. The van der Waals surface area contributed by atoms with E-state index in [4.69, 9.17) is 14.9 Å². The molecule has 0 radical (unpaired) electrons. The van der Waals surface area contributed by atoms with E-state index in [2.05, 4.69) is 4.98 Å². The third-order valence-corrected chi connectivity index (χ3v) is 3.40. The fraction of sp³-hybridized carbons (Fsp3) is 0.286. The maximum atomic E-state index is 14.3. The van der Waals surface area contributed by atoms with Gasteiger partial charge in [-0.25, -0.2) is 14.2 Å². The number of imidazole rings is 1. The Kier molecular flexibility index (Phi) is 3.78. The highest BCUT2D eigenvalue weighted by molar-refractivity contribution is 5.89. The van der Waals surface area contributed by atoms with E-state index in [0.717, 1.165) is 0 Å². The molecule has 2 heterocycles. The second-order valence-corrected chi connectivity index (χ2v) is 4.87. The first-order chi connectivity index (χ1) is 10.6. The maximum Gasteiger partial charge on any atom is 0.414 e. The number of carbonyl (C=O) groups is 1. The van der Waals surface area contributed by atoms with Crippen LogP contribution in [0, 0.1) is 5.82 Å². The highest BCUT2D eigenvalue weighted by atomic mass is 19.1. The SMILES string of the molecule is O=C1O[C@@H](CO)CN1c1ccc(-n2cnc(CO)c2)c(F)c1. The molecule has 1 saturated heterocycles. The van der Waals surface area contributed by atoms with Gasteiger partial charge in [0.05, 0.1) is 43.2 Å². The van der Waals surface area contributed by atoms with E-state index < -0.39 is 18.0 Å². The molecule has 0 saturated carbocycles. The molecule has 2 aromatic rings. The van der Waals surface area contributed by atoms with E-state index in [1.54, 1.807) is 6.07 Å². The molecule has 1 atom stereocenters. The lowest BCUT2D eigenvalue weighted by Crippen LogP contribution is -2.25. The number of aliphatic hydroxyl groups is 2.